The number of rotatable bonds is 8. The average molecular weight is 498 g/mol. The Balaban J connectivity index is 1.93. The largest absolute Gasteiger partial charge is 0.377 e. The van der Waals surface area contributed by atoms with Gasteiger partial charge in [0.15, 0.2) is 5.82 Å². The molecule has 0 saturated carbocycles. The first-order valence-corrected chi connectivity index (χ1v) is 12.6. The third-order valence-corrected chi connectivity index (χ3v) is 7.18. The summed E-state index contributed by atoms with van der Waals surface area (Å²) in [4.78, 5) is 3.52. The fraction of sp³-hybridized carbons (Fsp3) is 0.318. The highest BCUT2D eigenvalue weighted by atomic mass is 35.5. The Morgan fingerprint density at radius 2 is 1.94 bits per heavy atom. The Morgan fingerprint density at radius 1 is 1.25 bits per heavy atom. The number of sulfonamides is 1. The lowest BCUT2D eigenvalue weighted by Crippen LogP contribution is -2.37. The molecule has 6 nitrogen and oxygen atoms in total. The predicted molar refractivity (Wildman–Crippen MR) is 127 cm³/mol. The van der Waals surface area contributed by atoms with Crippen LogP contribution in [0.4, 0.5) is 15.9 Å². The minimum absolute atomic E-state index is 0.0859. The van der Waals surface area contributed by atoms with Crippen LogP contribution in [-0.4, -0.2) is 25.7 Å². The smallest absolute Gasteiger partial charge is 0.270 e. The van der Waals surface area contributed by atoms with Crippen LogP contribution in [0.25, 0.3) is 0 Å². The van der Waals surface area contributed by atoms with Crippen LogP contribution >= 0.6 is 22.9 Å². The van der Waals surface area contributed by atoms with Gasteiger partial charge in [0.2, 0.25) is 0 Å². The molecule has 0 unspecified atom stereocenters. The lowest BCUT2D eigenvalue weighted by Gasteiger charge is -2.27. The van der Waals surface area contributed by atoms with Crippen molar-refractivity contribution in [2.75, 3.05) is 16.4 Å². The molecular formula is C22H25ClFN3O3S2. The Bertz CT molecular complexity index is 1150. The van der Waals surface area contributed by atoms with Gasteiger partial charge in [0.25, 0.3) is 10.0 Å². The maximum absolute atomic E-state index is 15.1. The molecule has 3 aromatic rings. The summed E-state index contributed by atoms with van der Waals surface area (Å²) in [7, 11) is -4.33. The van der Waals surface area contributed by atoms with E-state index in [1.54, 1.807) is 26.2 Å². The minimum Gasteiger partial charge on any atom is -0.377 e. The summed E-state index contributed by atoms with van der Waals surface area (Å²) in [6, 6.07) is 11.6. The van der Waals surface area contributed by atoms with E-state index in [0.29, 0.717) is 5.69 Å². The van der Waals surface area contributed by atoms with E-state index in [4.69, 9.17) is 16.3 Å². The van der Waals surface area contributed by atoms with Gasteiger partial charge in [-0.3, -0.25) is 0 Å². The lowest BCUT2D eigenvalue weighted by molar-refractivity contribution is 0.00290. The summed E-state index contributed by atoms with van der Waals surface area (Å²) in [6.07, 6.45) is 0. The number of anilines is 2. The molecule has 1 atom stereocenters. The standard InChI is InChI=1S/C22H25ClFN3O3S2/c1-15(16-8-6-5-7-9-16)26-19-11-18(24)20(10-17(19)23)32(28,29)27(14-30-22(2,3)4)21-12-31-13-25-21/h5-13,15,26H,14H2,1-4H3/t15-/m0/s1. The zero-order valence-electron chi connectivity index (χ0n) is 18.2. The zero-order chi connectivity index (χ0) is 23.5. The van der Waals surface area contributed by atoms with E-state index in [1.165, 1.54) is 16.8 Å². The van der Waals surface area contributed by atoms with Crippen molar-refractivity contribution in [3.05, 3.63) is 69.8 Å². The molecule has 0 spiro atoms. The van der Waals surface area contributed by atoms with E-state index in [-0.39, 0.29) is 23.6 Å². The second kappa shape index (κ2) is 9.74. The molecule has 0 aliphatic heterocycles. The van der Waals surface area contributed by atoms with Gasteiger partial charge in [-0.05, 0) is 45.4 Å². The Morgan fingerprint density at radius 3 is 2.53 bits per heavy atom. The highest BCUT2D eigenvalue weighted by Gasteiger charge is 2.31. The fourth-order valence-electron chi connectivity index (χ4n) is 2.85. The molecular weight excluding hydrogens is 473 g/mol. The van der Waals surface area contributed by atoms with Crippen LogP contribution in [0.3, 0.4) is 0 Å². The van der Waals surface area contributed by atoms with Gasteiger partial charge in [-0.25, -0.2) is 22.1 Å². The van der Waals surface area contributed by atoms with Crippen molar-refractivity contribution in [1.29, 1.82) is 0 Å². The molecule has 10 heteroatoms. The summed E-state index contributed by atoms with van der Waals surface area (Å²) in [5.74, 6) is -0.775. The molecule has 172 valence electrons. The number of nitrogens with zero attached hydrogens (tertiary/aromatic N) is 2. The van der Waals surface area contributed by atoms with Gasteiger partial charge in [0, 0.05) is 11.4 Å². The topological polar surface area (TPSA) is 71.5 Å². The molecule has 1 heterocycles. The summed E-state index contributed by atoms with van der Waals surface area (Å²) in [6.45, 7) is 6.97. The van der Waals surface area contributed by atoms with Crippen molar-refractivity contribution in [2.24, 2.45) is 0 Å². The van der Waals surface area contributed by atoms with Gasteiger partial charge in [-0.15, -0.1) is 11.3 Å². The van der Waals surface area contributed by atoms with Gasteiger partial charge in [-0.2, -0.15) is 0 Å². The molecule has 0 aliphatic rings. The van der Waals surface area contributed by atoms with E-state index in [9.17, 15) is 8.42 Å². The highest BCUT2D eigenvalue weighted by molar-refractivity contribution is 7.92. The van der Waals surface area contributed by atoms with Crippen LogP contribution in [0.15, 0.2) is 58.3 Å². The number of halogens is 2. The van der Waals surface area contributed by atoms with Crippen LogP contribution in [0.2, 0.25) is 5.02 Å². The quantitative estimate of drug-likeness (QED) is 0.382. The van der Waals surface area contributed by atoms with Crippen LogP contribution in [0.1, 0.15) is 39.3 Å². The Labute approximate surface area is 197 Å². The highest BCUT2D eigenvalue weighted by Crippen LogP contribution is 2.33. The lowest BCUT2D eigenvalue weighted by atomic mass is 10.1. The molecule has 3 rings (SSSR count). The number of aromatic nitrogens is 1. The van der Waals surface area contributed by atoms with Gasteiger partial charge in [0.1, 0.15) is 17.4 Å². The van der Waals surface area contributed by atoms with Crippen LogP contribution in [0.5, 0.6) is 0 Å². The minimum atomic E-state index is -4.33. The van der Waals surface area contributed by atoms with Crippen LogP contribution in [0, 0.1) is 5.82 Å². The molecule has 0 amide bonds. The molecule has 1 N–H and O–H groups in total. The molecule has 1 aromatic heterocycles. The summed E-state index contributed by atoms with van der Waals surface area (Å²) < 4.78 is 48.4. The average Bonchev–Trinajstić information content (AvgIpc) is 3.24. The summed E-state index contributed by atoms with van der Waals surface area (Å²) in [5.41, 5.74) is 2.16. The van der Waals surface area contributed by atoms with Gasteiger partial charge < -0.3 is 10.1 Å². The third-order valence-electron chi connectivity index (χ3n) is 4.55. The van der Waals surface area contributed by atoms with Crippen molar-refractivity contribution >= 4 is 44.5 Å². The zero-order valence-corrected chi connectivity index (χ0v) is 20.6. The molecule has 2 aromatic carbocycles. The van der Waals surface area contributed by atoms with Crippen LogP contribution in [-0.2, 0) is 14.8 Å². The molecule has 32 heavy (non-hydrogen) atoms. The maximum atomic E-state index is 15.1. The fourth-order valence-corrected chi connectivity index (χ4v) is 5.09. The van der Waals surface area contributed by atoms with Crippen molar-refractivity contribution in [3.63, 3.8) is 0 Å². The number of hydrogen-bond acceptors (Lipinski definition) is 6. The van der Waals surface area contributed by atoms with Gasteiger partial charge in [0.05, 0.1) is 21.8 Å². The molecule has 0 saturated heterocycles. The van der Waals surface area contributed by atoms with E-state index in [1.807, 2.05) is 37.3 Å². The normalized spacial score (nSPS) is 13.1. The summed E-state index contributed by atoms with van der Waals surface area (Å²) >= 11 is 7.59. The summed E-state index contributed by atoms with van der Waals surface area (Å²) in [5, 5.41) is 4.77. The van der Waals surface area contributed by atoms with E-state index in [2.05, 4.69) is 10.3 Å². The maximum Gasteiger partial charge on any atom is 0.270 e. The monoisotopic (exact) mass is 497 g/mol. The first-order chi connectivity index (χ1) is 15.0. The number of benzene rings is 2. The van der Waals surface area contributed by atoms with Crippen molar-refractivity contribution in [3.8, 4) is 0 Å². The third kappa shape index (κ3) is 5.78. The number of thiazole rings is 1. The van der Waals surface area contributed by atoms with Crippen molar-refractivity contribution in [1.82, 2.24) is 4.98 Å². The van der Waals surface area contributed by atoms with E-state index in [0.717, 1.165) is 22.0 Å². The van der Waals surface area contributed by atoms with Crippen LogP contribution < -0.4 is 9.62 Å². The molecule has 0 radical (unpaired) electrons. The van der Waals surface area contributed by atoms with Gasteiger partial charge in [-0.1, -0.05) is 41.9 Å². The second-order valence-corrected chi connectivity index (χ2v) is 11.1. The van der Waals surface area contributed by atoms with E-state index >= 15 is 4.39 Å². The Hall–Kier alpha value is -2.20. The molecule has 0 aliphatic carbocycles. The Kier molecular flexibility index (Phi) is 7.44. The second-order valence-electron chi connectivity index (χ2n) is 8.13. The molecule has 0 fully saturated rings. The number of ether oxygens (including phenoxy) is 1. The van der Waals surface area contributed by atoms with Crippen molar-refractivity contribution in [2.45, 2.75) is 44.2 Å². The predicted octanol–water partition coefficient (Wildman–Crippen LogP) is 6.08. The van der Waals surface area contributed by atoms with E-state index < -0.39 is 26.3 Å². The first-order valence-electron chi connectivity index (χ1n) is 9.84. The SMILES string of the molecule is C[C@H](Nc1cc(F)c(S(=O)(=O)N(COC(C)(C)C)c2cscn2)cc1Cl)c1ccccc1. The first kappa shape index (κ1) is 24.4. The van der Waals surface area contributed by atoms with Gasteiger partial charge >= 0.3 is 0 Å². The number of hydrogen-bond donors (Lipinski definition) is 1. The number of nitrogens with one attached hydrogen (secondary N) is 1. The molecule has 0 bridgehead atoms. The van der Waals surface area contributed by atoms with Crippen molar-refractivity contribution < 1.29 is 17.5 Å².